The van der Waals surface area contributed by atoms with Crippen LogP contribution in [0.4, 0.5) is 4.79 Å². The molecule has 0 saturated heterocycles. The zero-order chi connectivity index (χ0) is 31.0. The van der Waals surface area contributed by atoms with Crippen molar-refractivity contribution in [1.82, 2.24) is 15.5 Å². The van der Waals surface area contributed by atoms with E-state index >= 15 is 0 Å². The van der Waals surface area contributed by atoms with Crippen molar-refractivity contribution in [2.45, 2.75) is 111 Å². The quantitative estimate of drug-likeness (QED) is 0.170. The fraction of sp³-hybridized carbons (Fsp3) is 0.677. The minimum absolute atomic E-state index is 0.00454. The van der Waals surface area contributed by atoms with Gasteiger partial charge in [-0.15, -0.1) is 0 Å². The van der Waals surface area contributed by atoms with Crippen LogP contribution in [0.3, 0.4) is 0 Å². The monoisotopic (exact) mass is 577 g/mol. The molecule has 232 valence electrons. The number of hydrogen-bond donors (Lipinski definition) is 3. The minimum atomic E-state index is -1.19. The fourth-order valence-electron chi connectivity index (χ4n) is 4.34. The average molecular weight is 578 g/mol. The van der Waals surface area contributed by atoms with Gasteiger partial charge in [-0.2, -0.15) is 0 Å². The molecule has 0 aliphatic carbocycles. The number of para-hydroxylation sites is 1. The van der Waals surface area contributed by atoms with Crippen molar-refractivity contribution in [3.05, 3.63) is 29.8 Å². The summed E-state index contributed by atoms with van der Waals surface area (Å²) in [4.78, 5) is 53.8. The second-order valence-electron chi connectivity index (χ2n) is 11.5. The largest absolute Gasteiger partial charge is 0.508 e. The molecule has 1 aromatic rings. The van der Waals surface area contributed by atoms with Crippen LogP contribution in [-0.4, -0.2) is 65.2 Å². The summed E-state index contributed by atoms with van der Waals surface area (Å²) in [6, 6.07) is 4.20. The van der Waals surface area contributed by atoms with Gasteiger partial charge in [-0.05, 0) is 46.1 Å². The van der Waals surface area contributed by atoms with Gasteiger partial charge in [-0.1, -0.05) is 71.1 Å². The van der Waals surface area contributed by atoms with E-state index in [1.165, 1.54) is 11.0 Å². The van der Waals surface area contributed by atoms with E-state index in [4.69, 9.17) is 9.47 Å². The smallest absolute Gasteiger partial charge is 0.408 e. The van der Waals surface area contributed by atoms with E-state index in [0.717, 1.165) is 32.1 Å². The van der Waals surface area contributed by atoms with Crippen LogP contribution in [0.25, 0.3) is 0 Å². The zero-order valence-electron chi connectivity index (χ0n) is 26.0. The molecular weight excluding hydrogens is 526 g/mol. The van der Waals surface area contributed by atoms with Gasteiger partial charge >= 0.3 is 12.1 Å². The van der Waals surface area contributed by atoms with E-state index in [9.17, 15) is 24.3 Å². The van der Waals surface area contributed by atoms with E-state index in [0.29, 0.717) is 6.42 Å². The lowest BCUT2D eigenvalue weighted by Gasteiger charge is -2.36. The molecule has 0 saturated carbocycles. The van der Waals surface area contributed by atoms with E-state index in [-0.39, 0.29) is 43.3 Å². The summed E-state index contributed by atoms with van der Waals surface area (Å²) in [6.45, 7) is 13.1. The number of nitrogens with zero attached hydrogens (tertiary/aromatic N) is 1. The van der Waals surface area contributed by atoms with Gasteiger partial charge in [0.15, 0.2) is 0 Å². The summed E-state index contributed by atoms with van der Waals surface area (Å²) in [5.41, 5.74) is -0.510. The highest BCUT2D eigenvalue weighted by atomic mass is 16.6. The molecule has 3 N–H and O–H groups in total. The number of rotatable bonds is 17. The number of phenols is 1. The summed E-state index contributed by atoms with van der Waals surface area (Å²) in [5, 5.41) is 16.2. The third-order valence-corrected chi connectivity index (χ3v) is 6.37. The maximum Gasteiger partial charge on any atom is 0.408 e. The van der Waals surface area contributed by atoms with E-state index in [2.05, 4.69) is 17.6 Å². The van der Waals surface area contributed by atoms with Crippen molar-refractivity contribution in [2.75, 3.05) is 19.7 Å². The molecule has 3 amide bonds. The van der Waals surface area contributed by atoms with Crippen molar-refractivity contribution >= 4 is 23.9 Å². The van der Waals surface area contributed by atoms with Crippen molar-refractivity contribution in [1.29, 1.82) is 0 Å². The van der Waals surface area contributed by atoms with Gasteiger partial charge in [0.1, 0.15) is 23.4 Å². The maximum absolute atomic E-state index is 14.2. The molecule has 0 heterocycles. The molecule has 10 heteroatoms. The van der Waals surface area contributed by atoms with Crippen molar-refractivity contribution < 1.29 is 33.8 Å². The Balaban J connectivity index is 3.40. The number of aromatic hydroxyl groups is 1. The lowest BCUT2D eigenvalue weighted by atomic mass is 9.97. The number of alkyl carbamates (subject to hydrolysis) is 1. The highest BCUT2D eigenvalue weighted by Crippen LogP contribution is 2.30. The van der Waals surface area contributed by atoms with Crippen LogP contribution in [-0.2, 0) is 23.9 Å². The molecule has 2 unspecified atom stereocenters. The van der Waals surface area contributed by atoms with Crippen molar-refractivity contribution in [3.8, 4) is 5.75 Å². The van der Waals surface area contributed by atoms with Crippen LogP contribution < -0.4 is 10.6 Å². The Morgan fingerprint density at radius 1 is 0.976 bits per heavy atom. The first kappa shape index (κ1) is 35.7. The van der Waals surface area contributed by atoms with E-state index < -0.39 is 41.6 Å². The molecule has 0 bridgehead atoms. The van der Waals surface area contributed by atoms with Crippen LogP contribution in [0.2, 0.25) is 0 Å². The fourth-order valence-corrected chi connectivity index (χ4v) is 4.34. The Kier molecular flexibility index (Phi) is 15.9. The van der Waals surface area contributed by atoms with Gasteiger partial charge in [0.05, 0.1) is 13.0 Å². The summed E-state index contributed by atoms with van der Waals surface area (Å²) in [6.07, 6.45) is 5.03. The first-order valence-electron chi connectivity index (χ1n) is 14.8. The molecule has 41 heavy (non-hydrogen) atoms. The summed E-state index contributed by atoms with van der Waals surface area (Å²) in [7, 11) is 0. The number of hydrogen-bond acceptors (Lipinski definition) is 7. The number of carbonyl (C=O) groups is 4. The highest BCUT2D eigenvalue weighted by Gasteiger charge is 2.38. The van der Waals surface area contributed by atoms with Crippen LogP contribution in [0, 0.1) is 5.92 Å². The normalized spacial score (nSPS) is 12.8. The average Bonchev–Trinajstić information content (AvgIpc) is 2.88. The van der Waals surface area contributed by atoms with Gasteiger partial charge in [0, 0.05) is 18.7 Å². The Labute approximate surface area is 245 Å². The summed E-state index contributed by atoms with van der Waals surface area (Å²) in [5.74, 6) is -1.92. The second kappa shape index (κ2) is 18.2. The molecule has 0 fully saturated rings. The molecule has 0 aliphatic heterocycles. The second-order valence-corrected chi connectivity index (χ2v) is 11.5. The van der Waals surface area contributed by atoms with Gasteiger partial charge < -0.3 is 30.1 Å². The molecule has 0 aromatic heterocycles. The lowest BCUT2D eigenvalue weighted by molar-refractivity contribution is -0.145. The first-order chi connectivity index (χ1) is 19.3. The lowest BCUT2D eigenvalue weighted by Crippen LogP contribution is -2.55. The van der Waals surface area contributed by atoms with Crippen LogP contribution in [0.5, 0.6) is 5.75 Å². The number of unbranched alkanes of at least 4 members (excludes halogenated alkanes) is 5. The predicted molar refractivity (Wildman–Crippen MR) is 158 cm³/mol. The van der Waals surface area contributed by atoms with Gasteiger partial charge in [-0.3, -0.25) is 14.4 Å². The highest BCUT2D eigenvalue weighted by molar-refractivity contribution is 5.92. The zero-order valence-corrected chi connectivity index (χ0v) is 26.0. The Hall–Kier alpha value is -3.30. The molecule has 1 aromatic carbocycles. The molecule has 0 radical (unpaired) electrons. The number of nitrogens with one attached hydrogen (secondary N) is 2. The number of benzene rings is 1. The van der Waals surface area contributed by atoms with Crippen LogP contribution >= 0.6 is 0 Å². The molecule has 10 nitrogen and oxygen atoms in total. The maximum atomic E-state index is 14.2. The third-order valence-electron chi connectivity index (χ3n) is 6.37. The molecule has 1 rings (SSSR count). The standard InChI is InChI=1S/C31H51N3O7/c1-8-10-11-12-13-16-21-34(29(38)26(22(3)4)33-30(39)41-31(5,6)7)27(23-17-14-15-18-24(23)35)28(37)32-20-19-25(36)40-9-2/h14-15,17-18,22,26-27,35H,8-13,16,19-21H2,1-7H3,(H,32,37)(H,33,39). The van der Waals surface area contributed by atoms with Crippen LogP contribution in [0.1, 0.15) is 105 Å². The number of amides is 3. The van der Waals surface area contributed by atoms with Gasteiger partial charge in [0.2, 0.25) is 11.8 Å². The summed E-state index contributed by atoms with van der Waals surface area (Å²) >= 11 is 0. The Bertz CT molecular complexity index is 975. The number of carbonyl (C=O) groups excluding carboxylic acids is 4. The van der Waals surface area contributed by atoms with Gasteiger partial charge in [-0.25, -0.2) is 4.79 Å². The molecule has 0 spiro atoms. The number of esters is 1. The predicted octanol–water partition coefficient (Wildman–Crippen LogP) is 5.24. The Morgan fingerprint density at radius 2 is 1.61 bits per heavy atom. The minimum Gasteiger partial charge on any atom is -0.508 e. The van der Waals surface area contributed by atoms with Gasteiger partial charge in [0.25, 0.3) is 0 Å². The number of ether oxygens (including phenoxy) is 2. The van der Waals surface area contributed by atoms with E-state index in [1.54, 1.807) is 59.7 Å². The Morgan fingerprint density at radius 3 is 2.20 bits per heavy atom. The van der Waals surface area contributed by atoms with Crippen molar-refractivity contribution in [2.24, 2.45) is 5.92 Å². The summed E-state index contributed by atoms with van der Waals surface area (Å²) < 4.78 is 10.4. The first-order valence-corrected chi connectivity index (χ1v) is 14.8. The molecule has 0 aliphatic rings. The molecule has 2 atom stereocenters. The van der Waals surface area contributed by atoms with Crippen LogP contribution in [0.15, 0.2) is 24.3 Å². The van der Waals surface area contributed by atoms with Crippen molar-refractivity contribution in [3.63, 3.8) is 0 Å². The SMILES string of the molecule is CCCCCCCCN(C(=O)C(NC(=O)OC(C)(C)C)C(C)C)C(C(=O)NCCC(=O)OCC)c1ccccc1O. The van der Waals surface area contributed by atoms with E-state index in [1.807, 2.05) is 0 Å². The number of phenolic OH excluding ortho intramolecular Hbond substituents is 1. The topological polar surface area (TPSA) is 134 Å². The molecular formula is C31H51N3O7. The third kappa shape index (κ3) is 13.3.